The van der Waals surface area contributed by atoms with Crippen molar-refractivity contribution in [1.29, 1.82) is 0 Å². The van der Waals surface area contributed by atoms with Crippen molar-refractivity contribution in [2.24, 2.45) is 5.41 Å². The van der Waals surface area contributed by atoms with Crippen LogP contribution >= 0.6 is 0 Å². The third kappa shape index (κ3) is 2.83. The maximum Gasteiger partial charge on any atom is 0.266 e. The summed E-state index contributed by atoms with van der Waals surface area (Å²) < 4.78 is 5.20. The Morgan fingerprint density at radius 2 is 1.45 bits per heavy atom. The number of hydroxylamine groups is 1. The molecule has 2 saturated heterocycles. The van der Waals surface area contributed by atoms with Crippen molar-refractivity contribution in [3.8, 4) is 5.75 Å². The lowest BCUT2D eigenvalue weighted by atomic mass is 9.76. The van der Waals surface area contributed by atoms with Gasteiger partial charge in [0.2, 0.25) is 5.91 Å². The van der Waals surface area contributed by atoms with E-state index >= 15 is 0 Å². The third-order valence-corrected chi connectivity index (χ3v) is 6.13. The average molecular weight is 414 g/mol. The highest BCUT2D eigenvalue weighted by atomic mass is 16.7. The smallest absolute Gasteiger partial charge is 0.266 e. The van der Waals surface area contributed by atoms with Gasteiger partial charge in [0.05, 0.1) is 24.5 Å². The van der Waals surface area contributed by atoms with Gasteiger partial charge >= 0.3 is 0 Å². The molecule has 0 radical (unpaired) electrons. The number of carbonyl (C=O) groups is 2. The third-order valence-electron chi connectivity index (χ3n) is 6.13. The molecular weight excluding hydrogens is 392 g/mol. The minimum Gasteiger partial charge on any atom is -0.497 e. The lowest BCUT2D eigenvalue weighted by Gasteiger charge is -2.32. The molecule has 3 aromatic rings. The Labute approximate surface area is 180 Å². The quantitative estimate of drug-likeness (QED) is 0.601. The van der Waals surface area contributed by atoms with Crippen molar-refractivity contribution in [2.75, 3.05) is 17.1 Å². The molecule has 0 aliphatic carbocycles. The molecule has 6 heteroatoms. The van der Waals surface area contributed by atoms with Gasteiger partial charge in [0.25, 0.3) is 5.91 Å². The number of imide groups is 1. The lowest BCUT2D eigenvalue weighted by molar-refractivity contribution is -0.128. The molecule has 2 aliphatic heterocycles. The molecule has 3 aromatic carbocycles. The molecule has 5 rings (SSSR count). The van der Waals surface area contributed by atoms with Crippen molar-refractivity contribution >= 4 is 23.2 Å². The number of carbonyl (C=O) groups excluding carboxylic acids is 2. The van der Waals surface area contributed by atoms with E-state index in [1.165, 1.54) is 4.90 Å². The lowest BCUT2D eigenvalue weighted by Crippen LogP contribution is -2.41. The van der Waals surface area contributed by atoms with Gasteiger partial charge in [-0.3, -0.25) is 14.4 Å². The van der Waals surface area contributed by atoms with Crippen molar-refractivity contribution in [2.45, 2.75) is 19.1 Å². The molecule has 2 aliphatic rings. The minimum absolute atomic E-state index is 0.278. The molecular formula is C25H22N2O4. The number of methoxy groups -OCH3 is 1. The summed E-state index contributed by atoms with van der Waals surface area (Å²) in [6.07, 6.45) is -0.924. The monoisotopic (exact) mass is 414 g/mol. The summed E-state index contributed by atoms with van der Waals surface area (Å²) in [5.41, 5.74) is 1.12. The summed E-state index contributed by atoms with van der Waals surface area (Å²) in [5.74, 6) is 0.0138. The summed E-state index contributed by atoms with van der Waals surface area (Å²) in [5, 5.41) is 1.71. The van der Waals surface area contributed by atoms with E-state index < -0.39 is 17.6 Å². The highest BCUT2D eigenvalue weighted by Crippen LogP contribution is 2.55. The van der Waals surface area contributed by atoms with Gasteiger partial charge in [-0.25, -0.2) is 9.96 Å². The van der Waals surface area contributed by atoms with Crippen LogP contribution in [0.25, 0.3) is 0 Å². The molecule has 31 heavy (non-hydrogen) atoms. The standard InChI is InChI=1S/C25H22N2O4/c1-25-21(17-9-5-3-6-10-17)27(19-11-7-4-8-12-19)31-22(25)23(28)26(24(25)29)18-13-15-20(30-2)16-14-18/h3-16,21-22H,1-2H3/t21-,22-,25-/m0/s1. The first-order valence-corrected chi connectivity index (χ1v) is 10.1. The first-order valence-electron chi connectivity index (χ1n) is 10.1. The van der Waals surface area contributed by atoms with E-state index in [1.54, 1.807) is 36.4 Å². The zero-order valence-electron chi connectivity index (χ0n) is 17.3. The van der Waals surface area contributed by atoms with Crippen LogP contribution in [-0.4, -0.2) is 25.0 Å². The first kappa shape index (κ1) is 19.3. The number of para-hydroxylation sites is 1. The first-order chi connectivity index (χ1) is 15.1. The van der Waals surface area contributed by atoms with Gasteiger partial charge in [0.15, 0.2) is 6.10 Å². The Kier molecular flexibility index (Phi) is 4.52. The van der Waals surface area contributed by atoms with Gasteiger partial charge in [0.1, 0.15) is 11.2 Å². The zero-order chi connectivity index (χ0) is 21.6. The molecule has 2 heterocycles. The molecule has 156 valence electrons. The van der Waals surface area contributed by atoms with Crippen LogP contribution in [0.1, 0.15) is 18.5 Å². The second-order valence-electron chi connectivity index (χ2n) is 7.92. The minimum atomic E-state index is -1.09. The number of amides is 2. The largest absolute Gasteiger partial charge is 0.497 e. The molecule has 0 aromatic heterocycles. The molecule has 6 nitrogen and oxygen atoms in total. The van der Waals surface area contributed by atoms with Crippen LogP contribution in [0.4, 0.5) is 11.4 Å². The summed E-state index contributed by atoms with van der Waals surface area (Å²) in [4.78, 5) is 34.7. The molecule has 0 saturated carbocycles. The number of hydrogen-bond acceptors (Lipinski definition) is 5. The highest BCUT2D eigenvalue weighted by Gasteiger charge is 2.68. The fraction of sp³-hybridized carbons (Fsp3) is 0.200. The van der Waals surface area contributed by atoms with Crippen LogP contribution in [0, 0.1) is 5.41 Å². The average Bonchev–Trinajstić information content (AvgIpc) is 3.23. The van der Waals surface area contributed by atoms with Crippen molar-refractivity contribution in [3.05, 3.63) is 90.5 Å². The highest BCUT2D eigenvalue weighted by molar-refractivity contribution is 6.25. The van der Waals surface area contributed by atoms with Gasteiger partial charge in [-0.1, -0.05) is 48.5 Å². The van der Waals surface area contributed by atoms with Crippen molar-refractivity contribution in [1.82, 2.24) is 0 Å². The SMILES string of the molecule is COc1ccc(N2C(=O)[C@@H]3ON(c4ccccc4)[C@@H](c4ccccc4)[C@]3(C)C2=O)cc1. The number of benzene rings is 3. The van der Waals surface area contributed by atoms with Gasteiger partial charge in [-0.05, 0) is 48.9 Å². The van der Waals surface area contributed by atoms with E-state index in [-0.39, 0.29) is 11.8 Å². The van der Waals surface area contributed by atoms with Crippen LogP contribution in [0.2, 0.25) is 0 Å². The number of hydrogen-bond donors (Lipinski definition) is 0. The molecule has 2 amide bonds. The summed E-state index contributed by atoms with van der Waals surface area (Å²) in [6.45, 7) is 1.82. The summed E-state index contributed by atoms with van der Waals surface area (Å²) >= 11 is 0. The van der Waals surface area contributed by atoms with Crippen LogP contribution in [0.3, 0.4) is 0 Å². The van der Waals surface area contributed by atoms with E-state index in [0.29, 0.717) is 11.4 Å². The van der Waals surface area contributed by atoms with E-state index in [4.69, 9.17) is 9.57 Å². The van der Waals surface area contributed by atoms with E-state index in [2.05, 4.69) is 0 Å². The van der Waals surface area contributed by atoms with Gasteiger partial charge in [-0.15, -0.1) is 0 Å². The molecule has 3 atom stereocenters. The Morgan fingerprint density at radius 1 is 0.839 bits per heavy atom. The number of anilines is 2. The van der Waals surface area contributed by atoms with Crippen LogP contribution in [0.5, 0.6) is 5.75 Å². The molecule has 0 bridgehead atoms. The maximum absolute atomic E-state index is 13.8. The second kappa shape index (κ2) is 7.25. The predicted molar refractivity (Wildman–Crippen MR) is 117 cm³/mol. The molecule has 2 fully saturated rings. The Morgan fingerprint density at radius 3 is 2.06 bits per heavy atom. The molecule has 0 unspecified atom stereocenters. The summed E-state index contributed by atoms with van der Waals surface area (Å²) in [6, 6.07) is 25.7. The van der Waals surface area contributed by atoms with Crippen LogP contribution in [0.15, 0.2) is 84.9 Å². The van der Waals surface area contributed by atoms with Gasteiger partial charge in [0, 0.05) is 0 Å². The molecule has 0 spiro atoms. The number of ether oxygens (including phenoxy) is 1. The van der Waals surface area contributed by atoms with Crippen molar-refractivity contribution in [3.63, 3.8) is 0 Å². The maximum atomic E-state index is 13.8. The predicted octanol–water partition coefficient (Wildman–Crippen LogP) is 4.14. The van der Waals surface area contributed by atoms with Crippen LogP contribution in [-0.2, 0) is 14.4 Å². The number of nitrogens with zero attached hydrogens (tertiary/aromatic N) is 2. The topological polar surface area (TPSA) is 59.1 Å². The van der Waals surface area contributed by atoms with E-state index in [9.17, 15) is 9.59 Å². The summed E-state index contributed by atoms with van der Waals surface area (Å²) in [7, 11) is 1.57. The molecule has 0 N–H and O–H groups in total. The Balaban J connectivity index is 1.61. The fourth-order valence-electron chi connectivity index (χ4n) is 4.54. The normalized spacial score (nSPS) is 25.1. The van der Waals surface area contributed by atoms with E-state index in [1.807, 2.05) is 67.6 Å². The zero-order valence-corrected chi connectivity index (χ0v) is 17.3. The number of fused-ring (bicyclic) bond motifs is 1. The Hall–Kier alpha value is -3.64. The van der Waals surface area contributed by atoms with E-state index in [0.717, 1.165) is 11.3 Å². The second-order valence-corrected chi connectivity index (χ2v) is 7.92. The van der Waals surface area contributed by atoms with Crippen molar-refractivity contribution < 1.29 is 19.2 Å². The number of rotatable bonds is 4. The fourth-order valence-corrected chi connectivity index (χ4v) is 4.54. The van der Waals surface area contributed by atoms with Gasteiger partial charge in [-0.2, -0.15) is 0 Å². The van der Waals surface area contributed by atoms with Crippen LogP contribution < -0.4 is 14.7 Å². The Bertz CT molecular complexity index is 1120. The van der Waals surface area contributed by atoms with Gasteiger partial charge < -0.3 is 4.74 Å².